The fourth-order valence-electron chi connectivity index (χ4n) is 1.58. The van der Waals surface area contributed by atoms with Crippen molar-refractivity contribution in [2.24, 2.45) is 5.41 Å². The summed E-state index contributed by atoms with van der Waals surface area (Å²) in [5, 5.41) is 8.66. The number of carbonyl (C=O) groups is 2. The molecule has 1 atom stereocenters. The van der Waals surface area contributed by atoms with Crippen LogP contribution in [0.3, 0.4) is 0 Å². The molecule has 0 amide bonds. The molecule has 84 valence electrons. The van der Waals surface area contributed by atoms with E-state index in [9.17, 15) is 9.59 Å². The molecule has 1 N–H and O–H groups in total. The SMILES string of the molecule is CC(=CCC1OC(=O)CC1(C)C)C(=O)O. The Hall–Kier alpha value is -1.32. The summed E-state index contributed by atoms with van der Waals surface area (Å²) in [4.78, 5) is 21.6. The molecule has 0 bridgehead atoms. The van der Waals surface area contributed by atoms with E-state index in [0.29, 0.717) is 12.8 Å². The van der Waals surface area contributed by atoms with Gasteiger partial charge in [0.25, 0.3) is 0 Å². The first-order valence-electron chi connectivity index (χ1n) is 4.92. The van der Waals surface area contributed by atoms with Crippen molar-refractivity contribution in [2.45, 2.75) is 39.7 Å². The van der Waals surface area contributed by atoms with Crippen LogP contribution >= 0.6 is 0 Å². The molecule has 4 nitrogen and oxygen atoms in total. The average Bonchev–Trinajstić information content (AvgIpc) is 2.34. The molecule has 0 aromatic heterocycles. The zero-order valence-corrected chi connectivity index (χ0v) is 9.24. The summed E-state index contributed by atoms with van der Waals surface area (Å²) >= 11 is 0. The maximum Gasteiger partial charge on any atom is 0.330 e. The lowest BCUT2D eigenvalue weighted by atomic mass is 9.84. The van der Waals surface area contributed by atoms with Crippen molar-refractivity contribution < 1.29 is 19.4 Å². The van der Waals surface area contributed by atoms with Crippen LogP contribution in [0.4, 0.5) is 0 Å². The molecule has 0 aliphatic carbocycles. The molecule has 1 saturated heterocycles. The summed E-state index contributed by atoms with van der Waals surface area (Å²) < 4.78 is 5.13. The molecule has 4 heteroatoms. The summed E-state index contributed by atoms with van der Waals surface area (Å²) in [6.45, 7) is 5.44. The summed E-state index contributed by atoms with van der Waals surface area (Å²) in [6.07, 6.45) is 2.27. The molecule has 1 fully saturated rings. The Balaban J connectivity index is 2.64. The van der Waals surface area contributed by atoms with Crippen molar-refractivity contribution in [1.29, 1.82) is 0 Å². The second-order valence-electron chi connectivity index (χ2n) is 4.57. The molecule has 0 aromatic rings. The maximum absolute atomic E-state index is 11.1. The second-order valence-corrected chi connectivity index (χ2v) is 4.57. The normalized spacial score (nSPS) is 25.1. The Morgan fingerprint density at radius 3 is 2.67 bits per heavy atom. The van der Waals surface area contributed by atoms with E-state index in [1.807, 2.05) is 13.8 Å². The van der Waals surface area contributed by atoms with E-state index in [-0.39, 0.29) is 23.1 Å². The lowest BCUT2D eigenvalue weighted by Crippen LogP contribution is -2.23. The van der Waals surface area contributed by atoms with Gasteiger partial charge in [0, 0.05) is 17.4 Å². The molecule has 0 radical (unpaired) electrons. The Kier molecular flexibility index (Phi) is 3.17. The van der Waals surface area contributed by atoms with Crippen LogP contribution in [0.15, 0.2) is 11.6 Å². The van der Waals surface area contributed by atoms with Gasteiger partial charge in [0.1, 0.15) is 6.10 Å². The summed E-state index contributed by atoms with van der Waals surface area (Å²) in [5.41, 5.74) is 0.0839. The van der Waals surface area contributed by atoms with Gasteiger partial charge in [-0.3, -0.25) is 4.79 Å². The van der Waals surface area contributed by atoms with Gasteiger partial charge in [-0.15, -0.1) is 0 Å². The van der Waals surface area contributed by atoms with E-state index in [0.717, 1.165) is 0 Å². The third kappa shape index (κ3) is 2.81. The van der Waals surface area contributed by atoms with E-state index in [4.69, 9.17) is 9.84 Å². The number of ether oxygens (including phenoxy) is 1. The molecular weight excluding hydrogens is 196 g/mol. The highest BCUT2D eigenvalue weighted by Gasteiger charge is 2.40. The van der Waals surface area contributed by atoms with E-state index < -0.39 is 5.97 Å². The minimum Gasteiger partial charge on any atom is -0.478 e. The smallest absolute Gasteiger partial charge is 0.330 e. The van der Waals surface area contributed by atoms with E-state index in [1.165, 1.54) is 6.92 Å². The second kappa shape index (κ2) is 4.04. The molecule has 15 heavy (non-hydrogen) atoms. The standard InChI is InChI=1S/C11H16O4/c1-7(10(13)14)4-5-8-11(2,3)6-9(12)15-8/h4,8H,5-6H2,1-3H3,(H,13,14). The van der Waals surface area contributed by atoms with Gasteiger partial charge in [0.2, 0.25) is 0 Å². The zero-order chi connectivity index (χ0) is 11.6. The van der Waals surface area contributed by atoms with Crippen LogP contribution in [0.25, 0.3) is 0 Å². The van der Waals surface area contributed by atoms with E-state index in [1.54, 1.807) is 6.08 Å². The van der Waals surface area contributed by atoms with E-state index >= 15 is 0 Å². The summed E-state index contributed by atoms with van der Waals surface area (Å²) in [7, 11) is 0. The Labute approximate surface area is 88.9 Å². The largest absolute Gasteiger partial charge is 0.478 e. The third-order valence-corrected chi connectivity index (χ3v) is 2.72. The van der Waals surface area contributed by atoms with Crippen LogP contribution in [-0.4, -0.2) is 23.1 Å². The summed E-state index contributed by atoms with van der Waals surface area (Å²) in [6, 6.07) is 0. The number of carboxylic acid groups (broad SMARTS) is 1. The van der Waals surface area contributed by atoms with Crippen molar-refractivity contribution in [2.75, 3.05) is 0 Å². The van der Waals surface area contributed by atoms with Gasteiger partial charge in [-0.2, -0.15) is 0 Å². The van der Waals surface area contributed by atoms with Gasteiger partial charge >= 0.3 is 11.9 Å². The first kappa shape index (κ1) is 11.8. The molecular formula is C11H16O4. The van der Waals surface area contributed by atoms with Crippen LogP contribution in [0.5, 0.6) is 0 Å². The summed E-state index contributed by atoms with van der Waals surface area (Å²) in [5.74, 6) is -1.14. The average molecular weight is 212 g/mol. The fraction of sp³-hybridized carbons (Fsp3) is 0.636. The van der Waals surface area contributed by atoms with Gasteiger partial charge in [-0.25, -0.2) is 4.79 Å². The van der Waals surface area contributed by atoms with Crippen molar-refractivity contribution in [1.82, 2.24) is 0 Å². The number of hydrogen-bond donors (Lipinski definition) is 1. The first-order chi connectivity index (χ1) is 6.83. The van der Waals surface area contributed by atoms with Crippen LogP contribution in [0, 0.1) is 5.41 Å². The molecule has 1 rings (SSSR count). The Morgan fingerprint density at radius 1 is 1.67 bits per heavy atom. The predicted molar refractivity (Wildman–Crippen MR) is 54.3 cm³/mol. The number of cyclic esters (lactones) is 1. The van der Waals surface area contributed by atoms with Crippen molar-refractivity contribution in [3.05, 3.63) is 11.6 Å². The lowest BCUT2D eigenvalue weighted by Gasteiger charge is -2.22. The molecule has 0 aromatic carbocycles. The monoisotopic (exact) mass is 212 g/mol. The van der Waals surface area contributed by atoms with Crippen LogP contribution in [-0.2, 0) is 14.3 Å². The molecule has 0 saturated carbocycles. The number of hydrogen-bond acceptors (Lipinski definition) is 3. The minimum atomic E-state index is -0.933. The van der Waals surface area contributed by atoms with Gasteiger partial charge < -0.3 is 9.84 Å². The van der Waals surface area contributed by atoms with Crippen molar-refractivity contribution in [3.8, 4) is 0 Å². The third-order valence-electron chi connectivity index (χ3n) is 2.72. The molecule has 1 aliphatic heterocycles. The highest BCUT2D eigenvalue weighted by molar-refractivity contribution is 5.85. The van der Waals surface area contributed by atoms with Crippen molar-refractivity contribution >= 4 is 11.9 Å². The minimum absolute atomic E-state index is 0.202. The van der Waals surface area contributed by atoms with Gasteiger partial charge in [-0.1, -0.05) is 19.9 Å². The highest BCUT2D eigenvalue weighted by Crippen LogP contribution is 2.36. The van der Waals surface area contributed by atoms with Gasteiger partial charge in [0.15, 0.2) is 0 Å². The first-order valence-corrected chi connectivity index (χ1v) is 4.92. The van der Waals surface area contributed by atoms with Gasteiger partial charge in [-0.05, 0) is 6.92 Å². The number of rotatable bonds is 3. The highest BCUT2D eigenvalue weighted by atomic mass is 16.6. The topological polar surface area (TPSA) is 63.6 Å². The Bertz CT molecular complexity index is 315. The fourth-order valence-corrected chi connectivity index (χ4v) is 1.58. The number of carboxylic acids is 1. The zero-order valence-electron chi connectivity index (χ0n) is 9.24. The van der Waals surface area contributed by atoms with E-state index in [2.05, 4.69) is 0 Å². The van der Waals surface area contributed by atoms with Gasteiger partial charge in [0.05, 0.1) is 6.42 Å². The predicted octanol–water partition coefficient (Wildman–Crippen LogP) is 1.75. The number of carbonyl (C=O) groups excluding carboxylic acids is 1. The maximum atomic E-state index is 11.1. The quantitative estimate of drug-likeness (QED) is 0.571. The Morgan fingerprint density at radius 2 is 2.27 bits per heavy atom. The molecule has 1 aliphatic rings. The van der Waals surface area contributed by atoms with Crippen LogP contribution in [0.1, 0.15) is 33.6 Å². The number of esters is 1. The molecule has 1 heterocycles. The number of aliphatic carboxylic acids is 1. The lowest BCUT2D eigenvalue weighted by molar-refractivity contribution is -0.141. The van der Waals surface area contributed by atoms with Crippen molar-refractivity contribution in [3.63, 3.8) is 0 Å². The van der Waals surface area contributed by atoms with Crippen LogP contribution in [0.2, 0.25) is 0 Å². The molecule has 0 spiro atoms. The van der Waals surface area contributed by atoms with Crippen LogP contribution < -0.4 is 0 Å². The molecule has 1 unspecified atom stereocenters.